The lowest BCUT2D eigenvalue weighted by Gasteiger charge is -2.21. The molecule has 0 amide bonds. The molecule has 0 radical (unpaired) electrons. The maximum atomic E-state index is 9.03. The van der Waals surface area contributed by atoms with Crippen molar-refractivity contribution in [3.8, 4) is 0 Å². The van der Waals surface area contributed by atoms with Gasteiger partial charge in [-0.05, 0) is 13.8 Å². The predicted molar refractivity (Wildman–Crippen MR) is 58.1 cm³/mol. The molecule has 0 aliphatic carbocycles. The molecular weight excluding hydrogens is 232 g/mol. The molecule has 0 bridgehead atoms. The summed E-state index contributed by atoms with van der Waals surface area (Å²) >= 11 is 0. The molecule has 0 fully saturated rings. The molecule has 4 unspecified atom stereocenters. The summed E-state index contributed by atoms with van der Waals surface area (Å²) < 4.78 is 15.4. The molecule has 0 rings (SSSR count). The van der Waals surface area contributed by atoms with Gasteiger partial charge in [0.1, 0.15) is 12.2 Å². The fourth-order valence-corrected chi connectivity index (χ4v) is 0.947. The average molecular weight is 254 g/mol. The van der Waals surface area contributed by atoms with Gasteiger partial charge in [0.2, 0.25) is 0 Å². The molecule has 17 heavy (non-hydrogen) atoms. The maximum Gasteiger partial charge on any atom is 0.158 e. The molecule has 104 valence electrons. The lowest BCUT2D eigenvalue weighted by Crippen LogP contribution is -2.29. The van der Waals surface area contributed by atoms with E-state index < -0.39 is 24.8 Å². The van der Waals surface area contributed by atoms with E-state index in [1.165, 1.54) is 0 Å². The second-order valence-electron chi connectivity index (χ2n) is 3.61. The van der Waals surface area contributed by atoms with Gasteiger partial charge in [0, 0.05) is 0 Å². The van der Waals surface area contributed by atoms with Crippen LogP contribution in [0.1, 0.15) is 13.8 Å². The van der Waals surface area contributed by atoms with Crippen LogP contribution in [0.25, 0.3) is 0 Å². The molecule has 0 saturated heterocycles. The fraction of sp³-hybridized carbons (Fsp3) is 1.00. The monoisotopic (exact) mass is 254 g/mol. The van der Waals surface area contributed by atoms with Gasteiger partial charge in [-0.1, -0.05) is 0 Å². The Kier molecular flexibility index (Phi) is 9.56. The normalized spacial score (nSPS) is 18.7. The van der Waals surface area contributed by atoms with Crippen LogP contribution in [0.3, 0.4) is 0 Å². The van der Waals surface area contributed by atoms with Crippen LogP contribution in [0, 0.1) is 0 Å². The van der Waals surface area contributed by atoms with Crippen molar-refractivity contribution in [2.75, 3.05) is 26.4 Å². The molecule has 0 aliphatic heterocycles. The number of hydrogen-bond donors (Lipinski definition) is 4. The largest absolute Gasteiger partial charge is 0.394 e. The highest BCUT2D eigenvalue weighted by Gasteiger charge is 2.12. The van der Waals surface area contributed by atoms with Gasteiger partial charge in [0.15, 0.2) is 12.6 Å². The summed E-state index contributed by atoms with van der Waals surface area (Å²) in [6, 6.07) is 0. The van der Waals surface area contributed by atoms with Gasteiger partial charge < -0.3 is 34.6 Å². The average Bonchev–Trinajstić information content (AvgIpc) is 2.32. The van der Waals surface area contributed by atoms with Crippen LogP contribution in [0.5, 0.6) is 0 Å². The van der Waals surface area contributed by atoms with E-state index in [4.69, 9.17) is 34.6 Å². The summed E-state index contributed by atoms with van der Waals surface area (Å²) in [5.74, 6) is 0. The summed E-state index contributed by atoms with van der Waals surface area (Å²) in [6.45, 7) is 2.41. The van der Waals surface area contributed by atoms with E-state index in [-0.39, 0.29) is 26.4 Å². The van der Waals surface area contributed by atoms with E-state index >= 15 is 0 Å². The van der Waals surface area contributed by atoms with Crippen molar-refractivity contribution in [3.05, 3.63) is 0 Å². The zero-order valence-corrected chi connectivity index (χ0v) is 10.2. The molecular formula is C10H22O7. The van der Waals surface area contributed by atoms with E-state index in [0.717, 1.165) is 0 Å². The van der Waals surface area contributed by atoms with Crippen molar-refractivity contribution in [1.29, 1.82) is 0 Å². The standard InChI is InChI=1S/C10H22O7/c1-7(15-5-9(13)3-11)17-8(2)16-6-10(14)4-12/h7-14H,3-6H2,1-2H3. The minimum Gasteiger partial charge on any atom is -0.394 e. The van der Waals surface area contributed by atoms with Crippen molar-refractivity contribution in [2.24, 2.45) is 0 Å². The van der Waals surface area contributed by atoms with Crippen molar-refractivity contribution in [3.63, 3.8) is 0 Å². The van der Waals surface area contributed by atoms with E-state index in [0.29, 0.717) is 0 Å². The molecule has 4 atom stereocenters. The molecule has 0 aromatic rings. The highest BCUT2D eigenvalue weighted by atomic mass is 16.8. The maximum absolute atomic E-state index is 9.03. The Morgan fingerprint density at radius 2 is 1.18 bits per heavy atom. The number of aliphatic hydroxyl groups is 4. The van der Waals surface area contributed by atoms with Crippen LogP contribution < -0.4 is 0 Å². The lowest BCUT2D eigenvalue weighted by atomic mass is 10.4. The van der Waals surface area contributed by atoms with Gasteiger partial charge in [-0.3, -0.25) is 0 Å². The second-order valence-corrected chi connectivity index (χ2v) is 3.61. The number of ether oxygens (including phenoxy) is 3. The zero-order chi connectivity index (χ0) is 13.3. The van der Waals surface area contributed by atoms with Crippen LogP contribution in [-0.2, 0) is 14.2 Å². The molecule has 7 nitrogen and oxygen atoms in total. The van der Waals surface area contributed by atoms with Crippen LogP contribution >= 0.6 is 0 Å². The number of aliphatic hydroxyl groups excluding tert-OH is 4. The van der Waals surface area contributed by atoms with Gasteiger partial charge in [-0.2, -0.15) is 0 Å². The van der Waals surface area contributed by atoms with Gasteiger partial charge >= 0.3 is 0 Å². The first-order valence-electron chi connectivity index (χ1n) is 5.46. The Morgan fingerprint density at radius 1 is 0.824 bits per heavy atom. The smallest absolute Gasteiger partial charge is 0.158 e. The summed E-state index contributed by atoms with van der Waals surface area (Å²) in [5.41, 5.74) is 0. The molecule has 0 spiro atoms. The Labute approximate surface area is 101 Å². The first kappa shape index (κ1) is 16.7. The van der Waals surface area contributed by atoms with E-state index in [1.54, 1.807) is 13.8 Å². The third kappa shape index (κ3) is 9.42. The minimum absolute atomic E-state index is 0.0380. The summed E-state index contributed by atoms with van der Waals surface area (Å²) in [7, 11) is 0. The Bertz CT molecular complexity index is 160. The van der Waals surface area contributed by atoms with Gasteiger partial charge in [0.05, 0.1) is 26.4 Å². The van der Waals surface area contributed by atoms with Crippen molar-refractivity contribution < 1.29 is 34.6 Å². The first-order valence-corrected chi connectivity index (χ1v) is 5.46. The third-order valence-electron chi connectivity index (χ3n) is 1.85. The molecule has 7 heteroatoms. The zero-order valence-electron chi connectivity index (χ0n) is 10.2. The minimum atomic E-state index is -0.937. The lowest BCUT2D eigenvalue weighted by molar-refractivity contribution is -0.243. The van der Waals surface area contributed by atoms with Crippen molar-refractivity contribution >= 4 is 0 Å². The van der Waals surface area contributed by atoms with Gasteiger partial charge in [-0.25, -0.2) is 0 Å². The summed E-state index contributed by atoms with van der Waals surface area (Å²) in [4.78, 5) is 0. The van der Waals surface area contributed by atoms with Gasteiger partial charge in [0.25, 0.3) is 0 Å². The topological polar surface area (TPSA) is 109 Å². The summed E-state index contributed by atoms with van der Waals surface area (Å²) in [6.07, 6.45) is -3.10. The van der Waals surface area contributed by atoms with Gasteiger partial charge in [-0.15, -0.1) is 0 Å². The SMILES string of the molecule is CC(OCC(O)CO)OC(C)OCC(O)CO. The van der Waals surface area contributed by atoms with Crippen LogP contribution in [0.15, 0.2) is 0 Å². The molecule has 0 saturated carbocycles. The predicted octanol–water partition coefficient (Wildman–Crippen LogP) is -1.57. The van der Waals surface area contributed by atoms with Crippen LogP contribution in [0.4, 0.5) is 0 Å². The first-order chi connectivity index (χ1) is 7.99. The highest BCUT2D eigenvalue weighted by Crippen LogP contribution is 2.03. The van der Waals surface area contributed by atoms with Crippen molar-refractivity contribution in [1.82, 2.24) is 0 Å². The van der Waals surface area contributed by atoms with Crippen LogP contribution in [0.2, 0.25) is 0 Å². The van der Waals surface area contributed by atoms with E-state index in [1.807, 2.05) is 0 Å². The molecule has 0 aliphatic rings. The summed E-state index contributed by atoms with van der Waals surface area (Å²) in [5, 5.41) is 35.2. The van der Waals surface area contributed by atoms with Crippen molar-refractivity contribution in [2.45, 2.75) is 38.6 Å². The Hall–Kier alpha value is -0.280. The van der Waals surface area contributed by atoms with Crippen LogP contribution in [-0.4, -0.2) is 71.6 Å². The van der Waals surface area contributed by atoms with E-state index in [9.17, 15) is 0 Å². The molecule has 0 aromatic carbocycles. The molecule has 0 aromatic heterocycles. The number of hydrogen-bond acceptors (Lipinski definition) is 7. The van der Waals surface area contributed by atoms with E-state index in [2.05, 4.69) is 0 Å². The Balaban J connectivity index is 3.61. The molecule has 0 heterocycles. The quantitative estimate of drug-likeness (QED) is 0.349. The molecule has 4 N–H and O–H groups in total. The third-order valence-corrected chi connectivity index (χ3v) is 1.85. The number of rotatable bonds is 10. The Morgan fingerprint density at radius 3 is 1.47 bits per heavy atom. The highest BCUT2D eigenvalue weighted by molar-refractivity contribution is 4.51. The second kappa shape index (κ2) is 9.72. The fourth-order valence-electron chi connectivity index (χ4n) is 0.947.